The topological polar surface area (TPSA) is 64.7 Å². The zero-order valence-corrected chi connectivity index (χ0v) is 13.9. The third kappa shape index (κ3) is 2.97. The summed E-state index contributed by atoms with van der Waals surface area (Å²) in [6, 6.07) is 6.04. The molecule has 6 heteroatoms. The highest BCUT2D eigenvalue weighted by Crippen LogP contribution is 2.25. The molecule has 0 saturated heterocycles. The Bertz CT molecular complexity index is 846. The fourth-order valence-corrected chi connectivity index (χ4v) is 2.76. The van der Waals surface area contributed by atoms with Crippen molar-refractivity contribution in [1.29, 1.82) is 0 Å². The van der Waals surface area contributed by atoms with Crippen LogP contribution in [-0.2, 0) is 11.3 Å². The van der Waals surface area contributed by atoms with E-state index in [9.17, 15) is 4.79 Å². The van der Waals surface area contributed by atoms with Crippen LogP contribution in [0.5, 0.6) is 0 Å². The molecule has 1 N–H and O–H groups in total. The van der Waals surface area contributed by atoms with Crippen LogP contribution in [0.25, 0.3) is 16.9 Å². The summed E-state index contributed by atoms with van der Waals surface area (Å²) in [6.07, 6.45) is 3.89. The Kier molecular flexibility index (Phi) is 3.90. The van der Waals surface area contributed by atoms with E-state index in [0.29, 0.717) is 0 Å². The highest BCUT2D eigenvalue weighted by molar-refractivity contribution is 5.88. The first-order chi connectivity index (χ1) is 11.0. The second-order valence-corrected chi connectivity index (χ2v) is 6.07. The molecule has 6 nitrogen and oxygen atoms in total. The Morgan fingerprint density at radius 3 is 2.61 bits per heavy atom. The van der Waals surface area contributed by atoms with Gasteiger partial charge in [0.2, 0.25) is 5.91 Å². The van der Waals surface area contributed by atoms with E-state index in [1.165, 1.54) is 0 Å². The summed E-state index contributed by atoms with van der Waals surface area (Å²) < 4.78 is 3.63. The normalized spacial score (nSPS) is 11.3. The molecule has 0 atom stereocenters. The standard InChI is InChI=1S/C17H21N5O/c1-11(2)18-14(23)10-22-16-15(12(3)9-13(4)19-16)17(20-22)21-7-5-6-8-21/h5-9,11H,10H2,1-4H3,(H,18,23). The van der Waals surface area contributed by atoms with Crippen LogP contribution < -0.4 is 5.32 Å². The molecule has 120 valence electrons. The van der Waals surface area contributed by atoms with Crippen LogP contribution in [0.1, 0.15) is 25.1 Å². The average molecular weight is 311 g/mol. The molecule has 0 aliphatic carbocycles. The summed E-state index contributed by atoms with van der Waals surface area (Å²) in [5, 5.41) is 8.51. The summed E-state index contributed by atoms with van der Waals surface area (Å²) in [5.41, 5.74) is 2.76. The lowest BCUT2D eigenvalue weighted by Crippen LogP contribution is -2.33. The number of carbonyl (C=O) groups is 1. The molecule has 3 aromatic heterocycles. The molecule has 1 amide bonds. The zero-order valence-electron chi connectivity index (χ0n) is 13.9. The number of hydrogen-bond donors (Lipinski definition) is 1. The number of amides is 1. The average Bonchev–Trinajstić information content (AvgIpc) is 3.06. The molecule has 0 spiro atoms. The van der Waals surface area contributed by atoms with Gasteiger partial charge in [0.15, 0.2) is 11.5 Å². The minimum Gasteiger partial charge on any atom is -0.352 e. The summed E-state index contributed by atoms with van der Waals surface area (Å²) in [5.74, 6) is 0.733. The third-order valence-electron chi connectivity index (χ3n) is 3.60. The summed E-state index contributed by atoms with van der Waals surface area (Å²) in [6.45, 7) is 8.04. The second-order valence-electron chi connectivity index (χ2n) is 6.07. The monoisotopic (exact) mass is 311 g/mol. The van der Waals surface area contributed by atoms with E-state index in [1.807, 2.05) is 62.9 Å². The Morgan fingerprint density at radius 2 is 1.96 bits per heavy atom. The van der Waals surface area contributed by atoms with E-state index in [-0.39, 0.29) is 18.5 Å². The number of pyridine rings is 1. The Labute approximate surface area is 135 Å². The van der Waals surface area contributed by atoms with Crippen LogP contribution >= 0.6 is 0 Å². The molecule has 3 heterocycles. The lowest BCUT2D eigenvalue weighted by molar-refractivity contribution is -0.122. The summed E-state index contributed by atoms with van der Waals surface area (Å²) in [4.78, 5) is 16.7. The number of fused-ring (bicyclic) bond motifs is 1. The first kappa shape index (κ1) is 15.3. The van der Waals surface area contributed by atoms with Gasteiger partial charge in [0.05, 0.1) is 5.39 Å². The smallest absolute Gasteiger partial charge is 0.242 e. The minimum absolute atomic E-state index is 0.0654. The summed E-state index contributed by atoms with van der Waals surface area (Å²) in [7, 11) is 0. The lowest BCUT2D eigenvalue weighted by Gasteiger charge is -2.08. The van der Waals surface area contributed by atoms with Gasteiger partial charge in [-0.05, 0) is 51.5 Å². The lowest BCUT2D eigenvalue weighted by atomic mass is 10.2. The van der Waals surface area contributed by atoms with E-state index < -0.39 is 0 Å². The Morgan fingerprint density at radius 1 is 1.26 bits per heavy atom. The van der Waals surface area contributed by atoms with Gasteiger partial charge in [-0.2, -0.15) is 5.10 Å². The van der Waals surface area contributed by atoms with Crippen molar-refractivity contribution in [2.24, 2.45) is 0 Å². The number of carbonyl (C=O) groups excluding carboxylic acids is 1. The van der Waals surface area contributed by atoms with Crippen molar-refractivity contribution in [2.75, 3.05) is 0 Å². The largest absolute Gasteiger partial charge is 0.352 e. The summed E-state index contributed by atoms with van der Waals surface area (Å²) >= 11 is 0. The molecule has 3 rings (SSSR count). The van der Waals surface area contributed by atoms with Gasteiger partial charge in [-0.1, -0.05) is 0 Å². The van der Waals surface area contributed by atoms with Crippen molar-refractivity contribution in [2.45, 2.75) is 40.3 Å². The van der Waals surface area contributed by atoms with Gasteiger partial charge < -0.3 is 9.88 Å². The van der Waals surface area contributed by atoms with Gasteiger partial charge in [0, 0.05) is 24.1 Å². The van der Waals surface area contributed by atoms with E-state index in [1.54, 1.807) is 4.68 Å². The maximum atomic E-state index is 12.1. The SMILES string of the molecule is Cc1cc(C)c2c(-n3cccc3)nn(CC(=O)NC(C)C)c2n1. The minimum atomic E-state index is -0.0654. The first-order valence-electron chi connectivity index (χ1n) is 7.73. The second kappa shape index (κ2) is 5.87. The quantitative estimate of drug-likeness (QED) is 0.804. The molecular weight excluding hydrogens is 290 g/mol. The van der Waals surface area contributed by atoms with Crippen LogP contribution in [0.15, 0.2) is 30.6 Å². The van der Waals surface area contributed by atoms with Crippen LogP contribution in [0.2, 0.25) is 0 Å². The van der Waals surface area contributed by atoms with Gasteiger partial charge in [-0.15, -0.1) is 0 Å². The van der Waals surface area contributed by atoms with Crippen molar-refractivity contribution < 1.29 is 4.79 Å². The number of nitrogens with one attached hydrogen (secondary N) is 1. The maximum absolute atomic E-state index is 12.1. The Balaban J connectivity index is 2.13. The molecule has 0 bridgehead atoms. The van der Waals surface area contributed by atoms with E-state index in [4.69, 9.17) is 0 Å². The van der Waals surface area contributed by atoms with Crippen LogP contribution in [0.3, 0.4) is 0 Å². The van der Waals surface area contributed by atoms with Gasteiger partial charge in [-0.3, -0.25) is 4.79 Å². The van der Waals surface area contributed by atoms with Crippen molar-refractivity contribution >= 4 is 16.9 Å². The van der Waals surface area contributed by atoms with Gasteiger partial charge in [-0.25, -0.2) is 9.67 Å². The van der Waals surface area contributed by atoms with E-state index in [0.717, 1.165) is 28.1 Å². The third-order valence-corrected chi connectivity index (χ3v) is 3.60. The fraction of sp³-hybridized carbons (Fsp3) is 0.353. The molecule has 0 unspecified atom stereocenters. The van der Waals surface area contributed by atoms with Crippen LogP contribution in [-0.4, -0.2) is 31.3 Å². The number of rotatable bonds is 4. The highest BCUT2D eigenvalue weighted by atomic mass is 16.2. The van der Waals surface area contributed by atoms with Gasteiger partial charge in [0.25, 0.3) is 0 Å². The molecule has 0 saturated carbocycles. The molecule has 0 radical (unpaired) electrons. The molecule has 3 aromatic rings. The van der Waals surface area contributed by atoms with Crippen LogP contribution in [0.4, 0.5) is 0 Å². The number of aryl methyl sites for hydroxylation is 2. The van der Waals surface area contributed by atoms with E-state index >= 15 is 0 Å². The van der Waals surface area contributed by atoms with Gasteiger partial charge in [0.1, 0.15) is 6.54 Å². The number of hydrogen-bond acceptors (Lipinski definition) is 3. The first-order valence-corrected chi connectivity index (χ1v) is 7.73. The predicted molar refractivity (Wildman–Crippen MR) is 89.6 cm³/mol. The van der Waals surface area contributed by atoms with Crippen molar-refractivity contribution in [3.8, 4) is 5.82 Å². The van der Waals surface area contributed by atoms with Crippen molar-refractivity contribution in [3.63, 3.8) is 0 Å². The fourth-order valence-electron chi connectivity index (χ4n) is 2.76. The number of aromatic nitrogens is 4. The maximum Gasteiger partial charge on any atom is 0.242 e. The van der Waals surface area contributed by atoms with Gasteiger partial charge >= 0.3 is 0 Å². The van der Waals surface area contributed by atoms with Crippen molar-refractivity contribution in [3.05, 3.63) is 41.9 Å². The molecule has 0 aliphatic heterocycles. The molecular formula is C17H21N5O. The number of nitrogens with zero attached hydrogens (tertiary/aromatic N) is 4. The molecule has 0 fully saturated rings. The van der Waals surface area contributed by atoms with Crippen LogP contribution in [0, 0.1) is 13.8 Å². The highest BCUT2D eigenvalue weighted by Gasteiger charge is 2.17. The van der Waals surface area contributed by atoms with Crippen molar-refractivity contribution in [1.82, 2.24) is 24.6 Å². The Hall–Kier alpha value is -2.63. The predicted octanol–water partition coefficient (Wildman–Crippen LogP) is 2.36. The zero-order chi connectivity index (χ0) is 16.6. The molecule has 23 heavy (non-hydrogen) atoms. The van der Waals surface area contributed by atoms with E-state index in [2.05, 4.69) is 15.4 Å². The molecule has 0 aromatic carbocycles. The molecule has 0 aliphatic rings.